The second kappa shape index (κ2) is 9.00. The van der Waals surface area contributed by atoms with Crippen LogP contribution in [0.3, 0.4) is 0 Å². The maximum absolute atomic E-state index is 11.8. The van der Waals surface area contributed by atoms with Crippen molar-refractivity contribution in [1.29, 1.82) is 0 Å². The van der Waals surface area contributed by atoms with Crippen LogP contribution in [0.25, 0.3) is 0 Å². The van der Waals surface area contributed by atoms with Crippen LogP contribution >= 0.6 is 0 Å². The van der Waals surface area contributed by atoms with Crippen LogP contribution in [0.15, 0.2) is 18.3 Å². The molecule has 0 atom stereocenters. The normalized spacial score (nSPS) is 10.2. The zero-order chi connectivity index (χ0) is 14.8. The van der Waals surface area contributed by atoms with Crippen LogP contribution in [-0.4, -0.2) is 55.4 Å². The first-order valence-electron chi connectivity index (χ1n) is 6.20. The first-order chi connectivity index (χ1) is 9.66. The number of rotatable bonds is 9. The van der Waals surface area contributed by atoms with E-state index >= 15 is 0 Å². The Labute approximate surface area is 116 Å². The molecule has 0 radical (unpaired) electrons. The van der Waals surface area contributed by atoms with Gasteiger partial charge in [-0.05, 0) is 18.6 Å². The molecule has 0 bridgehead atoms. The molecule has 1 amide bonds. The highest BCUT2D eigenvalue weighted by Gasteiger charge is 2.16. The van der Waals surface area contributed by atoms with E-state index in [1.54, 1.807) is 7.11 Å². The van der Waals surface area contributed by atoms with Crippen molar-refractivity contribution < 1.29 is 24.2 Å². The van der Waals surface area contributed by atoms with Crippen LogP contribution in [0.5, 0.6) is 0 Å². The van der Waals surface area contributed by atoms with Gasteiger partial charge in [0.15, 0.2) is 0 Å². The number of aromatic carboxylic acids is 1. The predicted molar refractivity (Wildman–Crippen MR) is 70.8 cm³/mol. The zero-order valence-electron chi connectivity index (χ0n) is 11.3. The van der Waals surface area contributed by atoms with Gasteiger partial charge >= 0.3 is 5.97 Å². The summed E-state index contributed by atoms with van der Waals surface area (Å²) in [5, 5.41) is 11.6. The van der Waals surface area contributed by atoms with Crippen LogP contribution in [-0.2, 0) is 9.47 Å². The number of pyridine rings is 1. The number of ether oxygens (including phenoxy) is 2. The molecule has 0 aliphatic rings. The van der Waals surface area contributed by atoms with Crippen molar-refractivity contribution in [2.75, 3.05) is 33.5 Å². The van der Waals surface area contributed by atoms with Gasteiger partial charge in [0.2, 0.25) is 0 Å². The van der Waals surface area contributed by atoms with Crippen molar-refractivity contribution in [2.45, 2.75) is 6.42 Å². The molecule has 0 aromatic carbocycles. The maximum atomic E-state index is 11.8. The molecular formula is C13H18N2O5. The molecule has 0 saturated heterocycles. The summed E-state index contributed by atoms with van der Waals surface area (Å²) >= 11 is 0. The average Bonchev–Trinajstić information content (AvgIpc) is 2.46. The maximum Gasteiger partial charge on any atom is 0.338 e. The fourth-order valence-electron chi connectivity index (χ4n) is 1.46. The number of nitrogens with one attached hydrogen (secondary N) is 1. The minimum atomic E-state index is -1.17. The number of methoxy groups -OCH3 is 1. The fourth-order valence-corrected chi connectivity index (χ4v) is 1.46. The number of amides is 1. The third-order valence-electron chi connectivity index (χ3n) is 2.44. The molecule has 1 aromatic rings. The Kier molecular flexibility index (Phi) is 7.23. The molecule has 110 valence electrons. The minimum absolute atomic E-state index is 0.0831. The summed E-state index contributed by atoms with van der Waals surface area (Å²) in [5.41, 5.74) is -0.193. The minimum Gasteiger partial charge on any atom is -0.478 e. The molecule has 1 heterocycles. The second-order valence-electron chi connectivity index (χ2n) is 3.92. The van der Waals surface area contributed by atoms with Gasteiger partial charge in [-0.25, -0.2) is 4.79 Å². The number of hydrogen-bond donors (Lipinski definition) is 2. The molecule has 2 N–H and O–H groups in total. The van der Waals surface area contributed by atoms with E-state index in [-0.39, 0.29) is 11.3 Å². The van der Waals surface area contributed by atoms with Crippen molar-refractivity contribution >= 4 is 11.9 Å². The summed E-state index contributed by atoms with van der Waals surface area (Å²) in [6, 6.07) is 2.82. The highest BCUT2D eigenvalue weighted by atomic mass is 16.5. The molecule has 20 heavy (non-hydrogen) atoms. The summed E-state index contributed by atoms with van der Waals surface area (Å²) in [6.07, 6.45) is 2.01. The van der Waals surface area contributed by atoms with Gasteiger partial charge in [-0.1, -0.05) is 0 Å². The van der Waals surface area contributed by atoms with Gasteiger partial charge in [0.1, 0.15) is 5.69 Å². The van der Waals surface area contributed by atoms with E-state index in [0.29, 0.717) is 32.8 Å². The Bertz CT molecular complexity index is 450. The smallest absolute Gasteiger partial charge is 0.338 e. The van der Waals surface area contributed by atoms with E-state index in [1.165, 1.54) is 18.3 Å². The highest BCUT2D eigenvalue weighted by molar-refractivity contribution is 6.03. The zero-order valence-corrected chi connectivity index (χ0v) is 11.3. The highest BCUT2D eigenvalue weighted by Crippen LogP contribution is 2.05. The Morgan fingerprint density at radius 3 is 2.85 bits per heavy atom. The van der Waals surface area contributed by atoms with Gasteiger partial charge in [0.05, 0.1) is 18.8 Å². The Morgan fingerprint density at radius 2 is 2.15 bits per heavy atom. The molecule has 1 aromatic heterocycles. The topological polar surface area (TPSA) is 97.8 Å². The average molecular weight is 282 g/mol. The van der Waals surface area contributed by atoms with Crippen molar-refractivity contribution in [2.24, 2.45) is 0 Å². The Balaban J connectivity index is 2.35. The van der Waals surface area contributed by atoms with Crippen LogP contribution in [0.2, 0.25) is 0 Å². The van der Waals surface area contributed by atoms with Crippen molar-refractivity contribution in [1.82, 2.24) is 10.3 Å². The summed E-state index contributed by atoms with van der Waals surface area (Å²) in [7, 11) is 1.59. The van der Waals surface area contributed by atoms with E-state index in [1.807, 2.05) is 0 Å². The third-order valence-corrected chi connectivity index (χ3v) is 2.44. The Hall–Kier alpha value is -1.99. The van der Waals surface area contributed by atoms with Crippen molar-refractivity contribution in [3.05, 3.63) is 29.6 Å². The van der Waals surface area contributed by atoms with Crippen LogP contribution < -0.4 is 5.32 Å². The van der Waals surface area contributed by atoms with E-state index in [0.717, 1.165) is 0 Å². The molecule has 1 rings (SSSR count). The van der Waals surface area contributed by atoms with Gasteiger partial charge in [-0.15, -0.1) is 0 Å². The first-order valence-corrected chi connectivity index (χ1v) is 6.20. The number of carbonyl (C=O) groups is 2. The number of hydrogen-bond acceptors (Lipinski definition) is 5. The molecule has 0 aliphatic heterocycles. The predicted octanol–water partition coefficient (Wildman–Crippen LogP) is 0.563. The summed E-state index contributed by atoms with van der Waals surface area (Å²) in [5.74, 6) is -1.67. The van der Waals surface area contributed by atoms with E-state index < -0.39 is 11.9 Å². The molecule has 0 unspecified atom stereocenters. The molecule has 0 fully saturated rings. The number of nitrogens with zero attached hydrogens (tertiary/aromatic N) is 1. The quantitative estimate of drug-likeness (QED) is 0.642. The molecule has 0 saturated carbocycles. The van der Waals surface area contributed by atoms with Gasteiger partial charge in [0.25, 0.3) is 5.91 Å². The van der Waals surface area contributed by atoms with Crippen LogP contribution in [0.4, 0.5) is 0 Å². The van der Waals surface area contributed by atoms with Gasteiger partial charge < -0.3 is 19.9 Å². The summed E-state index contributed by atoms with van der Waals surface area (Å²) in [4.78, 5) is 26.6. The molecule has 7 nitrogen and oxygen atoms in total. The van der Waals surface area contributed by atoms with E-state index in [9.17, 15) is 9.59 Å². The number of carbonyl (C=O) groups excluding carboxylic acids is 1. The van der Waals surface area contributed by atoms with Crippen molar-refractivity contribution in [3.8, 4) is 0 Å². The van der Waals surface area contributed by atoms with E-state index in [2.05, 4.69) is 10.3 Å². The van der Waals surface area contributed by atoms with Gasteiger partial charge in [0, 0.05) is 26.5 Å². The number of aromatic nitrogens is 1. The fraction of sp³-hybridized carbons (Fsp3) is 0.462. The third kappa shape index (κ3) is 5.33. The summed E-state index contributed by atoms with van der Waals surface area (Å²) in [6.45, 7) is 1.93. The van der Waals surface area contributed by atoms with Gasteiger partial charge in [-0.2, -0.15) is 0 Å². The largest absolute Gasteiger partial charge is 0.478 e. The van der Waals surface area contributed by atoms with Crippen LogP contribution in [0.1, 0.15) is 27.3 Å². The lowest BCUT2D eigenvalue weighted by Crippen LogP contribution is -2.28. The number of carboxylic acid groups (broad SMARTS) is 1. The SMILES string of the molecule is COCCOCCCNC(=O)c1ncccc1C(=O)O. The molecule has 7 heteroatoms. The standard InChI is InChI=1S/C13H18N2O5/c1-19-8-9-20-7-3-6-15-12(16)11-10(13(17)18)4-2-5-14-11/h2,4-5H,3,6-9H2,1H3,(H,15,16)(H,17,18). The van der Waals surface area contributed by atoms with Crippen molar-refractivity contribution in [3.63, 3.8) is 0 Å². The summed E-state index contributed by atoms with van der Waals surface area (Å²) < 4.78 is 10.1. The molecular weight excluding hydrogens is 264 g/mol. The monoisotopic (exact) mass is 282 g/mol. The first kappa shape index (κ1) is 16.1. The lowest BCUT2D eigenvalue weighted by molar-refractivity contribution is 0.0679. The van der Waals surface area contributed by atoms with Gasteiger partial charge in [-0.3, -0.25) is 9.78 Å². The molecule has 0 aliphatic carbocycles. The number of carboxylic acids is 1. The van der Waals surface area contributed by atoms with E-state index in [4.69, 9.17) is 14.6 Å². The Morgan fingerprint density at radius 1 is 1.35 bits per heavy atom. The lowest BCUT2D eigenvalue weighted by atomic mass is 10.2. The second-order valence-corrected chi connectivity index (χ2v) is 3.92. The lowest BCUT2D eigenvalue weighted by Gasteiger charge is -2.07. The molecule has 0 spiro atoms. The van der Waals surface area contributed by atoms with Crippen LogP contribution in [0, 0.1) is 0 Å².